The fraction of sp³-hybridized carbons (Fsp3) is 0.429. The minimum absolute atomic E-state index is 0.0646. The van der Waals surface area contributed by atoms with Gasteiger partial charge in [0.15, 0.2) is 0 Å². The number of aliphatic hydroxyl groups is 1. The van der Waals surface area contributed by atoms with Crippen molar-refractivity contribution in [3.63, 3.8) is 0 Å². The smallest absolute Gasteiger partial charge is 0.294 e. The maximum atomic E-state index is 11.8. The zero-order valence-corrected chi connectivity index (χ0v) is 16.0. The van der Waals surface area contributed by atoms with E-state index in [9.17, 15) is 16.8 Å². The Kier molecular flexibility index (Phi) is 8.16. The van der Waals surface area contributed by atoms with Crippen LogP contribution in [0.2, 0.25) is 0 Å². The Morgan fingerprint density at radius 3 is 1.96 bits per heavy atom. The molecule has 2 aromatic heterocycles. The molecule has 142 valence electrons. The summed E-state index contributed by atoms with van der Waals surface area (Å²) in [6.07, 6.45) is 3.33. The monoisotopic (exact) mass is 413 g/mol. The van der Waals surface area contributed by atoms with E-state index in [2.05, 4.69) is 9.14 Å². The lowest BCUT2D eigenvalue weighted by atomic mass is 10.0. The molecule has 0 amide bonds. The largest absolute Gasteiger partial charge is 0.452 e. The third kappa shape index (κ3) is 6.83. The van der Waals surface area contributed by atoms with Gasteiger partial charge in [0.1, 0.15) is 0 Å². The molecule has 0 fully saturated rings. The van der Waals surface area contributed by atoms with E-state index >= 15 is 0 Å². The summed E-state index contributed by atoms with van der Waals surface area (Å²) in [6, 6.07) is 5.12. The summed E-state index contributed by atoms with van der Waals surface area (Å²) in [5.41, 5.74) is 0. The second-order valence-corrected chi connectivity index (χ2v) is 9.24. The standard InChI is InChI=1S/C10H17NO4S.C4H3ClO3S/c1-3-8(2)9(7-12)11-16(13,14)10-5-4-6-15-10;5-9(6,7)4-2-1-3-8-4/h4-6,8-9,11-12H,3,7H2,1-2H3;1-3H/t8-,9+;/m0./s1. The van der Waals surface area contributed by atoms with Crippen LogP contribution in [0.15, 0.2) is 55.8 Å². The number of furan rings is 2. The SMILES string of the molecule is CC[C@H](C)[C@@H](CO)NS(=O)(=O)c1ccco1.O=S(=O)(Cl)c1ccco1. The fourth-order valence-electron chi connectivity index (χ4n) is 1.69. The molecule has 0 bridgehead atoms. The maximum absolute atomic E-state index is 11.8. The van der Waals surface area contributed by atoms with Gasteiger partial charge in [-0.25, -0.2) is 21.6 Å². The van der Waals surface area contributed by atoms with E-state index < -0.39 is 25.1 Å². The third-order valence-corrected chi connectivity index (χ3v) is 5.87. The summed E-state index contributed by atoms with van der Waals surface area (Å²) in [4.78, 5) is 0. The van der Waals surface area contributed by atoms with Crippen LogP contribution in [0.4, 0.5) is 0 Å². The van der Waals surface area contributed by atoms with Gasteiger partial charge >= 0.3 is 0 Å². The summed E-state index contributed by atoms with van der Waals surface area (Å²) < 4.78 is 56.0. The van der Waals surface area contributed by atoms with E-state index in [1.165, 1.54) is 36.8 Å². The minimum atomic E-state index is -3.66. The van der Waals surface area contributed by atoms with Crippen LogP contribution >= 0.6 is 10.7 Å². The average molecular weight is 414 g/mol. The molecule has 0 radical (unpaired) electrons. The molecule has 0 saturated heterocycles. The van der Waals surface area contributed by atoms with Gasteiger partial charge in [-0.3, -0.25) is 0 Å². The van der Waals surface area contributed by atoms with Gasteiger partial charge in [-0.1, -0.05) is 20.3 Å². The van der Waals surface area contributed by atoms with Crippen molar-refractivity contribution in [2.75, 3.05) is 6.61 Å². The Morgan fingerprint density at radius 1 is 1.12 bits per heavy atom. The zero-order valence-electron chi connectivity index (χ0n) is 13.6. The molecule has 0 aromatic carbocycles. The molecule has 0 unspecified atom stereocenters. The quantitative estimate of drug-likeness (QED) is 0.666. The summed E-state index contributed by atoms with van der Waals surface area (Å²) >= 11 is 0. The average Bonchev–Trinajstić information content (AvgIpc) is 3.24. The van der Waals surface area contributed by atoms with Crippen molar-refractivity contribution >= 4 is 29.8 Å². The highest BCUT2D eigenvalue weighted by molar-refractivity contribution is 8.13. The van der Waals surface area contributed by atoms with Gasteiger partial charge in [-0.2, -0.15) is 0 Å². The molecule has 0 spiro atoms. The Balaban J connectivity index is 0.000000293. The van der Waals surface area contributed by atoms with E-state index in [1.807, 2.05) is 13.8 Å². The summed E-state index contributed by atoms with van der Waals surface area (Å²) in [5.74, 6) is 0.0646. The molecular weight excluding hydrogens is 394 g/mol. The van der Waals surface area contributed by atoms with Gasteiger partial charge in [0.2, 0.25) is 10.2 Å². The molecule has 0 saturated carbocycles. The molecule has 2 heterocycles. The van der Waals surface area contributed by atoms with Crippen LogP contribution in [0.25, 0.3) is 0 Å². The lowest BCUT2D eigenvalue weighted by Crippen LogP contribution is -2.41. The van der Waals surface area contributed by atoms with Crippen LogP contribution < -0.4 is 4.72 Å². The van der Waals surface area contributed by atoms with Crippen molar-refractivity contribution in [1.82, 2.24) is 4.72 Å². The molecule has 0 aliphatic rings. The van der Waals surface area contributed by atoms with Crippen molar-refractivity contribution in [2.24, 2.45) is 5.92 Å². The maximum Gasteiger partial charge on any atom is 0.294 e. The molecule has 2 rings (SSSR count). The Morgan fingerprint density at radius 2 is 1.64 bits per heavy atom. The number of sulfonamides is 1. The van der Waals surface area contributed by atoms with Crippen molar-refractivity contribution < 1.29 is 30.8 Å². The van der Waals surface area contributed by atoms with Gasteiger partial charge in [0, 0.05) is 16.7 Å². The zero-order chi connectivity index (χ0) is 19.1. The number of hydrogen-bond donors (Lipinski definition) is 2. The molecule has 0 aliphatic carbocycles. The van der Waals surface area contributed by atoms with E-state index in [-0.39, 0.29) is 22.7 Å². The van der Waals surface area contributed by atoms with Gasteiger partial charge < -0.3 is 13.9 Å². The van der Waals surface area contributed by atoms with E-state index in [0.29, 0.717) is 0 Å². The highest BCUT2D eigenvalue weighted by atomic mass is 35.7. The molecule has 2 N–H and O–H groups in total. The summed E-state index contributed by atoms with van der Waals surface area (Å²) in [6.45, 7) is 3.59. The van der Waals surface area contributed by atoms with Crippen LogP contribution in [-0.4, -0.2) is 34.6 Å². The summed E-state index contributed by atoms with van der Waals surface area (Å²) in [5, 5.41) is 8.78. The Labute approximate surface area is 151 Å². The first-order valence-electron chi connectivity index (χ1n) is 7.26. The second kappa shape index (κ2) is 9.39. The predicted molar refractivity (Wildman–Crippen MR) is 91.1 cm³/mol. The van der Waals surface area contributed by atoms with Crippen molar-refractivity contribution in [2.45, 2.75) is 36.5 Å². The van der Waals surface area contributed by atoms with Crippen LogP contribution in [0.1, 0.15) is 20.3 Å². The second-order valence-electron chi connectivity index (χ2n) is 5.10. The Bertz CT molecular complexity index is 815. The number of nitrogens with one attached hydrogen (secondary N) is 1. The van der Waals surface area contributed by atoms with E-state index in [0.717, 1.165) is 6.42 Å². The van der Waals surface area contributed by atoms with E-state index in [4.69, 9.17) is 20.2 Å². The number of rotatable bonds is 7. The lowest BCUT2D eigenvalue weighted by Gasteiger charge is -2.21. The van der Waals surface area contributed by atoms with Gasteiger partial charge in [-0.05, 0) is 30.2 Å². The molecule has 25 heavy (non-hydrogen) atoms. The number of halogens is 1. The molecule has 8 nitrogen and oxygen atoms in total. The van der Waals surface area contributed by atoms with Crippen molar-refractivity contribution in [3.8, 4) is 0 Å². The molecule has 11 heteroatoms. The van der Waals surface area contributed by atoms with Gasteiger partial charge in [0.05, 0.1) is 19.1 Å². The van der Waals surface area contributed by atoms with E-state index in [1.54, 1.807) is 0 Å². The van der Waals surface area contributed by atoms with Crippen LogP contribution in [-0.2, 0) is 19.1 Å². The van der Waals surface area contributed by atoms with Crippen LogP contribution in [0.3, 0.4) is 0 Å². The highest BCUT2D eigenvalue weighted by Gasteiger charge is 2.24. The molecular formula is C14H20ClNO7S2. The van der Waals surface area contributed by atoms with Crippen LogP contribution in [0.5, 0.6) is 0 Å². The minimum Gasteiger partial charge on any atom is -0.452 e. The van der Waals surface area contributed by atoms with Gasteiger partial charge in [-0.15, -0.1) is 0 Å². The number of hydrogen-bond acceptors (Lipinski definition) is 7. The van der Waals surface area contributed by atoms with Crippen LogP contribution in [0, 0.1) is 5.92 Å². The van der Waals surface area contributed by atoms with Gasteiger partial charge in [0.25, 0.3) is 19.1 Å². The molecule has 2 atom stereocenters. The topological polar surface area (TPSA) is 127 Å². The lowest BCUT2D eigenvalue weighted by molar-refractivity contribution is 0.218. The molecule has 0 aliphatic heterocycles. The molecule has 2 aromatic rings. The fourth-order valence-corrected chi connectivity index (χ4v) is 3.63. The van der Waals surface area contributed by atoms with Crippen molar-refractivity contribution in [3.05, 3.63) is 36.8 Å². The third-order valence-electron chi connectivity index (χ3n) is 3.33. The first-order chi connectivity index (χ1) is 11.6. The summed E-state index contributed by atoms with van der Waals surface area (Å²) in [7, 11) is -2.44. The first kappa shape index (κ1) is 21.7. The first-order valence-corrected chi connectivity index (χ1v) is 11.1. The number of aliphatic hydroxyl groups excluding tert-OH is 1. The normalized spacial score (nSPS) is 14.4. The van der Waals surface area contributed by atoms with Crippen molar-refractivity contribution in [1.29, 1.82) is 0 Å². The Hall–Kier alpha value is -1.33. The predicted octanol–water partition coefficient (Wildman–Crippen LogP) is 2.17. The highest BCUT2D eigenvalue weighted by Crippen LogP contribution is 2.14.